The largest absolute Gasteiger partial charge is 0.352 e. The van der Waals surface area contributed by atoms with Gasteiger partial charge in [-0.3, -0.25) is 4.79 Å². The fourth-order valence-electron chi connectivity index (χ4n) is 3.61. The summed E-state index contributed by atoms with van der Waals surface area (Å²) in [5.74, 6) is 1.74. The van der Waals surface area contributed by atoms with Gasteiger partial charge < -0.3 is 10.6 Å². The molecule has 1 heterocycles. The lowest BCUT2D eigenvalue weighted by atomic mass is 9.91. The van der Waals surface area contributed by atoms with E-state index < -0.39 is 0 Å². The van der Waals surface area contributed by atoms with Crippen LogP contribution >= 0.6 is 0 Å². The van der Waals surface area contributed by atoms with E-state index in [1.165, 1.54) is 12.8 Å². The Hall–Kier alpha value is -0.830. The third kappa shape index (κ3) is 2.13. The normalized spacial score (nSPS) is 43.9. The summed E-state index contributed by atoms with van der Waals surface area (Å²) in [6.45, 7) is 3.26. The van der Waals surface area contributed by atoms with Gasteiger partial charge in [-0.05, 0) is 51.0 Å². The van der Waals surface area contributed by atoms with Crippen LogP contribution in [0.2, 0.25) is 0 Å². The Morgan fingerprint density at radius 2 is 2.24 bits per heavy atom. The molecule has 0 aromatic carbocycles. The lowest BCUT2D eigenvalue weighted by molar-refractivity contribution is -0.126. The van der Waals surface area contributed by atoms with Crippen LogP contribution in [0.25, 0.3) is 0 Å². The van der Waals surface area contributed by atoms with Gasteiger partial charge in [0.15, 0.2) is 0 Å². The highest BCUT2D eigenvalue weighted by molar-refractivity contribution is 5.80. The first kappa shape index (κ1) is 11.3. The molecule has 1 amide bonds. The highest BCUT2D eigenvalue weighted by Crippen LogP contribution is 2.43. The minimum absolute atomic E-state index is 0.249. The zero-order valence-electron chi connectivity index (χ0n) is 10.5. The van der Waals surface area contributed by atoms with Gasteiger partial charge in [0.25, 0.3) is 0 Å². The number of piperidine rings is 1. The van der Waals surface area contributed by atoms with Crippen LogP contribution in [0.15, 0.2) is 12.2 Å². The predicted molar refractivity (Wildman–Crippen MR) is 67.5 cm³/mol. The third-order valence-electron chi connectivity index (χ3n) is 4.71. The number of rotatable bonds is 2. The standard InChI is InChI=1S/C14H22N2O/c1-9-13(3-2-6-15-9)16-14(17)12-8-10-4-5-11(12)7-10/h4-5,9-13,15H,2-3,6-8H2,1H3,(H,16,17). The molecule has 1 saturated carbocycles. The summed E-state index contributed by atoms with van der Waals surface area (Å²) < 4.78 is 0. The molecule has 17 heavy (non-hydrogen) atoms. The Morgan fingerprint density at radius 3 is 2.88 bits per heavy atom. The van der Waals surface area contributed by atoms with Gasteiger partial charge in [0.05, 0.1) is 0 Å². The van der Waals surface area contributed by atoms with Crippen LogP contribution in [0.3, 0.4) is 0 Å². The number of hydrogen-bond acceptors (Lipinski definition) is 2. The molecule has 3 nitrogen and oxygen atoms in total. The predicted octanol–water partition coefficient (Wildman–Crippen LogP) is 1.46. The van der Waals surface area contributed by atoms with Crippen molar-refractivity contribution >= 4 is 5.91 Å². The molecule has 3 aliphatic rings. The average molecular weight is 234 g/mol. The molecule has 2 fully saturated rings. The molecule has 2 bridgehead atoms. The highest BCUT2D eigenvalue weighted by atomic mass is 16.2. The van der Waals surface area contributed by atoms with Gasteiger partial charge in [0.1, 0.15) is 0 Å². The van der Waals surface area contributed by atoms with Crippen molar-refractivity contribution in [3.63, 3.8) is 0 Å². The summed E-state index contributed by atoms with van der Waals surface area (Å²) >= 11 is 0. The molecule has 5 atom stereocenters. The van der Waals surface area contributed by atoms with Crippen LogP contribution in [0.5, 0.6) is 0 Å². The summed E-state index contributed by atoms with van der Waals surface area (Å²) in [6.07, 6.45) is 9.11. The number of hydrogen-bond donors (Lipinski definition) is 2. The van der Waals surface area contributed by atoms with Gasteiger partial charge in [-0.25, -0.2) is 0 Å². The minimum atomic E-state index is 0.249. The van der Waals surface area contributed by atoms with Gasteiger partial charge in [-0.2, -0.15) is 0 Å². The van der Waals surface area contributed by atoms with Crippen LogP contribution in [-0.4, -0.2) is 24.5 Å². The SMILES string of the molecule is CC1NCCCC1NC(=O)C1CC2C=CC1C2. The smallest absolute Gasteiger partial charge is 0.223 e. The van der Waals surface area contributed by atoms with E-state index in [4.69, 9.17) is 0 Å². The monoisotopic (exact) mass is 234 g/mol. The molecule has 2 N–H and O–H groups in total. The van der Waals surface area contributed by atoms with E-state index >= 15 is 0 Å². The average Bonchev–Trinajstić information content (AvgIpc) is 2.94. The quantitative estimate of drug-likeness (QED) is 0.710. The van der Waals surface area contributed by atoms with Crippen molar-refractivity contribution in [2.45, 2.75) is 44.7 Å². The Labute approximate surface area is 103 Å². The van der Waals surface area contributed by atoms with E-state index in [9.17, 15) is 4.79 Å². The summed E-state index contributed by atoms with van der Waals surface area (Å²) in [6, 6.07) is 0.751. The highest BCUT2D eigenvalue weighted by Gasteiger charge is 2.40. The third-order valence-corrected chi connectivity index (χ3v) is 4.71. The zero-order chi connectivity index (χ0) is 11.8. The lowest BCUT2D eigenvalue weighted by Gasteiger charge is -2.32. The second-order valence-corrected chi connectivity index (χ2v) is 5.89. The number of nitrogens with one attached hydrogen (secondary N) is 2. The van der Waals surface area contributed by atoms with Crippen molar-refractivity contribution in [3.8, 4) is 0 Å². The maximum atomic E-state index is 12.3. The summed E-state index contributed by atoms with van der Waals surface area (Å²) in [4.78, 5) is 12.3. The fraction of sp³-hybridized carbons (Fsp3) is 0.786. The van der Waals surface area contributed by atoms with Gasteiger partial charge in [0.2, 0.25) is 5.91 Å². The van der Waals surface area contributed by atoms with Gasteiger partial charge in [0, 0.05) is 18.0 Å². The first-order chi connectivity index (χ1) is 8.24. The van der Waals surface area contributed by atoms with Gasteiger partial charge in [-0.15, -0.1) is 0 Å². The first-order valence-electron chi connectivity index (χ1n) is 6.96. The molecule has 94 valence electrons. The summed E-state index contributed by atoms with van der Waals surface area (Å²) in [7, 11) is 0. The molecule has 0 radical (unpaired) electrons. The molecule has 3 heteroatoms. The topological polar surface area (TPSA) is 41.1 Å². The lowest BCUT2D eigenvalue weighted by Crippen LogP contribution is -2.53. The minimum Gasteiger partial charge on any atom is -0.352 e. The van der Waals surface area contributed by atoms with Gasteiger partial charge >= 0.3 is 0 Å². The van der Waals surface area contributed by atoms with Crippen molar-refractivity contribution in [1.29, 1.82) is 0 Å². The maximum absolute atomic E-state index is 12.3. The maximum Gasteiger partial charge on any atom is 0.223 e. The molecule has 5 unspecified atom stereocenters. The summed E-state index contributed by atoms with van der Waals surface area (Å²) in [5, 5.41) is 6.69. The molecule has 1 aliphatic heterocycles. The molecule has 0 aromatic heterocycles. The molecular weight excluding hydrogens is 212 g/mol. The van der Waals surface area contributed by atoms with Crippen molar-refractivity contribution in [2.75, 3.05) is 6.54 Å². The van der Waals surface area contributed by atoms with Gasteiger partial charge in [-0.1, -0.05) is 12.2 Å². The van der Waals surface area contributed by atoms with E-state index in [0.29, 0.717) is 29.8 Å². The number of fused-ring (bicyclic) bond motifs is 2. The van der Waals surface area contributed by atoms with E-state index in [2.05, 4.69) is 29.7 Å². The fourth-order valence-corrected chi connectivity index (χ4v) is 3.61. The Kier molecular flexibility index (Phi) is 2.95. The number of allylic oxidation sites excluding steroid dienone is 2. The Morgan fingerprint density at radius 1 is 1.35 bits per heavy atom. The molecule has 0 spiro atoms. The Bertz CT molecular complexity index is 339. The van der Waals surface area contributed by atoms with Crippen LogP contribution < -0.4 is 10.6 Å². The van der Waals surface area contributed by atoms with E-state index in [0.717, 1.165) is 19.4 Å². The van der Waals surface area contributed by atoms with Crippen LogP contribution in [0, 0.1) is 17.8 Å². The first-order valence-corrected chi connectivity index (χ1v) is 6.96. The summed E-state index contributed by atoms with van der Waals surface area (Å²) in [5.41, 5.74) is 0. The second kappa shape index (κ2) is 4.45. The van der Waals surface area contributed by atoms with Crippen molar-refractivity contribution in [1.82, 2.24) is 10.6 Å². The van der Waals surface area contributed by atoms with Crippen LogP contribution in [0.4, 0.5) is 0 Å². The van der Waals surface area contributed by atoms with Crippen LogP contribution in [0.1, 0.15) is 32.6 Å². The van der Waals surface area contributed by atoms with Crippen molar-refractivity contribution in [2.24, 2.45) is 17.8 Å². The van der Waals surface area contributed by atoms with Crippen LogP contribution in [-0.2, 0) is 4.79 Å². The van der Waals surface area contributed by atoms with E-state index in [1.54, 1.807) is 0 Å². The number of carbonyl (C=O) groups is 1. The number of amides is 1. The molecular formula is C14H22N2O. The molecule has 2 aliphatic carbocycles. The molecule has 3 rings (SSSR count). The second-order valence-electron chi connectivity index (χ2n) is 5.89. The molecule has 1 saturated heterocycles. The number of carbonyl (C=O) groups excluding carboxylic acids is 1. The van der Waals surface area contributed by atoms with Crippen molar-refractivity contribution in [3.05, 3.63) is 12.2 Å². The van der Waals surface area contributed by atoms with Crippen molar-refractivity contribution < 1.29 is 4.79 Å². The molecule has 0 aromatic rings. The Balaban J connectivity index is 1.58. The van der Waals surface area contributed by atoms with E-state index in [1.807, 2.05) is 0 Å². The van der Waals surface area contributed by atoms with E-state index in [-0.39, 0.29) is 5.92 Å². The zero-order valence-corrected chi connectivity index (χ0v) is 10.5.